The van der Waals surface area contributed by atoms with E-state index < -0.39 is 0 Å². The fourth-order valence-electron chi connectivity index (χ4n) is 8.48. The monoisotopic (exact) mass is 718 g/mol. The number of thiophene rings is 1. The molecule has 11 rings (SSSR count). The maximum absolute atomic E-state index is 2.45. The second-order valence-corrected chi connectivity index (χ2v) is 15.2. The predicted octanol–water partition coefficient (Wildman–Crippen LogP) is 15.1. The first kappa shape index (κ1) is 31.6. The quantitative estimate of drug-likeness (QED) is 0.166. The number of fused-ring (bicyclic) bond motifs is 8. The van der Waals surface area contributed by atoms with E-state index in [9.17, 15) is 0 Å². The van der Waals surface area contributed by atoms with Crippen LogP contribution in [-0.2, 0) is 0 Å². The molecule has 0 aliphatic rings. The third kappa shape index (κ3) is 5.24. The van der Waals surface area contributed by atoms with Crippen LogP contribution in [0.3, 0.4) is 0 Å². The molecule has 2 heterocycles. The minimum absolute atomic E-state index is 1.10. The van der Waals surface area contributed by atoms with Gasteiger partial charge in [-0.3, -0.25) is 0 Å². The molecule has 0 aliphatic carbocycles. The van der Waals surface area contributed by atoms with Gasteiger partial charge in [0.2, 0.25) is 0 Å². The Bertz CT molecular complexity index is 3190. The molecule has 3 heteroatoms. The van der Waals surface area contributed by atoms with Crippen molar-refractivity contribution in [1.29, 1.82) is 0 Å². The van der Waals surface area contributed by atoms with E-state index >= 15 is 0 Å². The van der Waals surface area contributed by atoms with Gasteiger partial charge in [-0.2, -0.15) is 0 Å². The van der Waals surface area contributed by atoms with Crippen molar-refractivity contribution in [2.45, 2.75) is 0 Å². The first-order valence-corrected chi connectivity index (χ1v) is 19.6. The third-order valence-electron chi connectivity index (χ3n) is 11.0. The van der Waals surface area contributed by atoms with Gasteiger partial charge in [-0.25, -0.2) is 0 Å². The molecule has 0 atom stereocenters. The summed E-state index contributed by atoms with van der Waals surface area (Å²) in [6, 6.07) is 75.2. The van der Waals surface area contributed by atoms with Gasteiger partial charge in [0.15, 0.2) is 0 Å². The maximum atomic E-state index is 2.45. The molecule has 258 valence electrons. The van der Waals surface area contributed by atoms with Crippen LogP contribution < -0.4 is 4.90 Å². The van der Waals surface area contributed by atoms with Crippen LogP contribution in [0, 0.1) is 0 Å². The summed E-state index contributed by atoms with van der Waals surface area (Å²) in [4.78, 5) is 2.40. The lowest BCUT2D eigenvalue weighted by Gasteiger charge is -2.26. The Morgan fingerprint density at radius 2 is 1.02 bits per heavy atom. The molecular formula is C52H34N2S. The summed E-state index contributed by atoms with van der Waals surface area (Å²) < 4.78 is 5.05. The number of hydrogen-bond acceptors (Lipinski definition) is 2. The highest BCUT2D eigenvalue weighted by molar-refractivity contribution is 7.25. The van der Waals surface area contributed by atoms with Gasteiger partial charge in [0.05, 0.1) is 11.0 Å². The zero-order valence-electron chi connectivity index (χ0n) is 29.9. The zero-order valence-corrected chi connectivity index (χ0v) is 30.7. The standard InChI is InChI=1S/C52H34N2S/c1-3-13-35(14-4-1)36-25-28-39(29-26-36)53(42-30-32-50-46(34-42)44-20-8-10-24-49(44)55-50)40-18-12-19-41(33-40)54-47-23-9-7-21-45(47)52-48(54)31-27-38-17-11-22-43(51(38)52)37-15-5-2-6-16-37/h1-34H. The Labute approximate surface area is 323 Å². The number of para-hydroxylation sites is 1. The van der Waals surface area contributed by atoms with E-state index in [0.717, 1.165) is 22.7 Å². The lowest BCUT2D eigenvalue weighted by molar-refractivity contribution is 1.17. The van der Waals surface area contributed by atoms with E-state index in [2.05, 4.69) is 216 Å². The molecule has 0 spiro atoms. The van der Waals surface area contributed by atoms with Crippen molar-refractivity contribution in [2.75, 3.05) is 4.90 Å². The second kappa shape index (κ2) is 12.9. The second-order valence-electron chi connectivity index (χ2n) is 14.1. The van der Waals surface area contributed by atoms with Gasteiger partial charge >= 0.3 is 0 Å². The van der Waals surface area contributed by atoms with Crippen molar-refractivity contribution in [1.82, 2.24) is 4.57 Å². The van der Waals surface area contributed by atoms with Crippen LogP contribution >= 0.6 is 11.3 Å². The number of hydrogen-bond donors (Lipinski definition) is 0. The molecule has 0 saturated heterocycles. The highest BCUT2D eigenvalue weighted by Crippen LogP contribution is 2.44. The first-order chi connectivity index (χ1) is 27.3. The lowest BCUT2D eigenvalue weighted by Crippen LogP contribution is -2.10. The molecular weight excluding hydrogens is 685 g/mol. The van der Waals surface area contributed by atoms with Crippen LogP contribution in [0.25, 0.3) is 80.7 Å². The third-order valence-corrected chi connectivity index (χ3v) is 12.1. The Kier molecular flexibility index (Phi) is 7.39. The van der Waals surface area contributed by atoms with Crippen LogP contribution in [0.4, 0.5) is 17.1 Å². The van der Waals surface area contributed by atoms with Gasteiger partial charge in [-0.1, -0.05) is 140 Å². The Balaban J connectivity index is 1.13. The van der Waals surface area contributed by atoms with Crippen LogP contribution in [0.1, 0.15) is 0 Å². The topological polar surface area (TPSA) is 8.17 Å². The van der Waals surface area contributed by atoms with Crippen LogP contribution in [0.15, 0.2) is 206 Å². The Hall–Kier alpha value is -6.94. The van der Waals surface area contributed by atoms with Crippen molar-refractivity contribution >= 4 is 81.1 Å². The number of nitrogens with zero attached hydrogens (tertiary/aromatic N) is 2. The maximum Gasteiger partial charge on any atom is 0.0547 e. The number of rotatable bonds is 6. The smallest absolute Gasteiger partial charge is 0.0547 e. The van der Waals surface area contributed by atoms with Crippen molar-refractivity contribution in [3.63, 3.8) is 0 Å². The van der Waals surface area contributed by atoms with Crippen LogP contribution in [0.5, 0.6) is 0 Å². The molecule has 0 fully saturated rings. The van der Waals surface area contributed by atoms with E-state index in [1.807, 2.05) is 11.3 Å². The summed E-state index contributed by atoms with van der Waals surface area (Å²) in [6.45, 7) is 0. The number of benzene rings is 9. The minimum atomic E-state index is 1.10. The summed E-state index contributed by atoms with van der Waals surface area (Å²) in [5.74, 6) is 0. The van der Waals surface area contributed by atoms with Crippen molar-refractivity contribution in [2.24, 2.45) is 0 Å². The molecule has 2 aromatic heterocycles. The van der Waals surface area contributed by atoms with E-state index in [4.69, 9.17) is 0 Å². The van der Waals surface area contributed by atoms with Gasteiger partial charge in [-0.05, 0) is 99.8 Å². The molecule has 0 amide bonds. The molecule has 0 aliphatic heterocycles. The van der Waals surface area contributed by atoms with E-state index in [1.165, 1.54) is 75.0 Å². The van der Waals surface area contributed by atoms with Crippen molar-refractivity contribution < 1.29 is 0 Å². The van der Waals surface area contributed by atoms with E-state index in [1.54, 1.807) is 0 Å². The fourth-order valence-corrected chi connectivity index (χ4v) is 9.56. The first-order valence-electron chi connectivity index (χ1n) is 18.8. The largest absolute Gasteiger partial charge is 0.310 e. The summed E-state index contributed by atoms with van der Waals surface area (Å²) >= 11 is 1.85. The normalized spacial score (nSPS) is 11.6. The Morgan fingerprint density at radius 3 is 1.85 bits per heavy atom. The average molecular weight is 719 g/mol. The van der Waals surface area contributed by atoms with Crippen molar-refractivity contribution in [3.05, 3.63) is 206 Å². The molecule has 55 heavy (non-hydrogen) atoms. The Morgan fingerprint density at radius 1 is 0.364 bits per heavy atom. The summed E-state index contributed by atoms with van der Waals surface area (Å²) in [5.41, 5.74) is 11.7. The predicted molar refractivity (Wildman–Crippen MR) is 237 cm³/mol. The molecule has 2 nitrogen and oxygen atoms in total. The molecule has 0 saturated carbocycles. The SMILES string of the molecule is c1ccc(-c2ccc(N(c3cccc(-n4c5ccccc5c5c6c(-c7ccccc7)cccc6ccc54)c3)c3ccc4sc5ccccc5c4c3)cc2)cc1. The highest BCUT2D eigenvalue weighted by Gasteiger charge is 2.20. The van der Waals surface area contributed by atoms with Gasteiger partial charge in [0, 0.05) is 53.7 Å². The van der Waals surface area contributed by atoms with Crippen LogP contribution in [-0.4, -0.2) is 4.57 Å². The summed E-state index contributed by atoms with van der Waals surface area (Å²) in [7, 11) is 0. The summed E-state index contributed by atoms with van der Waals surface area (Å²) in [6.07, 6.45) is 0. The average Bonchev–Trinajstić information content (AvgIpc) is 3.80. The van der Waals surface area contributed by atoms with Crippen molar-refractivity contribution in [3.8, 4) is 27.9 Å². The number of anilines is 3. The highest BCUT2D eigenvalue weighted by atomic mass is 32.1. The lowest BCUT2D eigenvalue weighted by atomic mass is 9.94. The van der Waals surface area contributed by atoms with Gasteiger partial charge in [-0.15, -0.1) is 11.3 Å². The van der Waals surface area contributed by atoms with E-state index in [-0.39, 0.29) is 0 Å². The molecule has 0 radical (unpaired) electrons. The molecule has 0 N–H and O–H groups in total. The molecule has 11 aromatic rings. The summed E-state index contributed by atoms with van der Waals surface area (Å²) in [5, 5.41) is 7.63. The molecule has 9 aromatic carbocycles. The van der Waals surface area contributed by atoms with Gasteiger partial charge in [0.1, 0.15) is 0 Å². The zero-order chi connectivity index (χ0) is 36.3. The van der Waals surface area contributed by atoms with Gasteiger partial charge in [0.25, 0.3) is 0 Å². The fraction of sp³-hybridized carbons (Fsp3) is 0. The molecule has 0 unspecified atom stereocenters. The minimum Gasteiger partial charge on any atom is -0.310 e. The van der Waals surface area contributed by atoms with E-state index in [0.29, 0.717) is 0 Å². The van der Waals surface area contributed by atoms with Gasteiger partial charge < -0.3 is 9.47 Å². The molecule has 0 bridgehead atoms. The van der Waals surface area contributed by atoms with Crippen LogP contribution in [0.2, 0.25) is 0 Å². The number of aromatic nitrogens is 1.